The second-order valence-corrected chi connectivity index (χ2v) is 12.1. The maximum absolute atomic E-state index is 12.4. The fraction of sp³-hybridized carbons (Fsp3) is 0.838. The summed E-state index contributed by atoms with van der Waals surface area (Å²) in [7, 11) is 0. The van der Waals surface area contributed by atoms with Crippen molar-refractivity contribution in [1.82, 2.24) is 0 Å². The molecule has 0 amide bonds. The number of esters is 1. The first kappa shape index (κ1) is 39.4. The van der Waals surface area contributed by atoms with E-state index < -0.39 is 5.97 Å². The summed E-state index contributed by atoms with van der Waals surface area (Å²) >= 11 is 0. The summed E-state index contributed by atoms with van der Waals surface area (Å²) < 4.78 is 5.70. The van der Waals surface area contributed by atoms with Crippen LogP contribution < -0.4 is 0 Å². The number of rotatable bonds is 32. The predicted molar refractivity (Wildman–Crippen MR) is 176 cm³/mol. The molecule has 0 fully saturated rings. The summed E-state index contributed by atoms with van der Waals surface area (Å²) in [6.07, 6.45) is 40.5. The van der Waals surface area contributed by atoms with Gasteiger partial charge >= 0.3 is 11.9 Å². The van der Waals surface area contributed by atoms with Crippen molar-refractivity contribution in [3.8, 4) is 0 Å². The minimum Gasteiger partial charge on any atom is -0.481 e. The van der Waals surface area contributed by atoms with Crippen molar-refractivity contribution in [2.75, 3.05) is 0 Å². The SMILES string of the molecule is CCCCC/C=C\C/C=C\CCCCCCCCCCCC(=O)OC(CCCCCCCCCCC)CCC(=O)O. The molecule has 4 nitrogen and oxygen atoms in total. The van der Waals surface area contributed by atoms with Gasteiger partial charge in [0.1, 0.15) is 6.10 Å². The molecule has 240 valence electrons. The average Bonchev–Trinajstić information content (AvgIpc) is 2.96. The van der Waals surface area contributed by atoms with Crippen molar-refractivity contribution >= 4 is 11.9 Å². The molecule has 1 unspecified atom stereocenters. The van der Waals surface area contributed by atoms with Gasteiger partial charge in [0.05, 0.1) is 0 Å². The second kappa shape index (κ2) is 32.9. The van der Waals surface area contributed by atoms with E-state index in [9.17, 15) is 9.59 Å². The molecule has 0 aliphatic heterocycles. The summed E-state index contributed by atoms with van der Waals surface area (Å²) in [5, 5.41) is 9.06. The molecule has 0 radical (unpaired) electrons. The fourth-order valence-electron chi connectivity index (χ4n) is 5.26. The molecule has 0 aromatic heterocycles. The Bertz CT molecular complexity index is 624. The van der Waals surface area contributed by atoms with Crippen LogP contribution in [0.4, 0.5) is 0 Å². The number of hydrogen-bond acceptors (Lipinski definition) is 3. The standard InChI is InChI=1S/C37H68O4/c1-3-5-7-9-11-13-14-15-16-17-18-19-20-21-22-24-26-28-30-32-37(40)41-35(33-34-36(38)39)31-29-27-25-23-12-10-8-6-4-2/h11,13,15-16,35H,3-10,12,14,17-34H2,1-2H3,(H,38,39)/b13-11-,16-15-. The van der Waals surface area contributed by atoms with Crippen molar-refractivity contribution in [1.29, 1.82) is 0 Å². The fourth-order valence-corrected chi connectivity index (χ4v) is 5.26. The molecule has 0 heterocycles. The van der Waals surface area contributed by atoms with Gasteiger partial charge in [0.25, 0.3) is 0 Å². The van der Waals surface area contributed by atoms with Gasteiger partial charge in [0, 0.05) is 12.8 Å². The van der Waals surface area contributed by atoms with Crippen molar-refractivity contribution in [2.24, 2.45) is 0 Å². The molecular weight excluding hydrogens is 508 g/mol. The van der Waals surface area contributed by atoms with Crippen LogP contribution >= 0.6 is 0 Å². The third kappa shape index (κ3) is 32.8. The van der Waals surface area contributed by atoms with Gasteiger partial charge in [-0.3, -0.25) is 9.59 Å². The van der Waals surface area contributed by atoms with Crippen LogP contribution in [0.3, 0.4) is 0 Å². The molecule has 0 bridgehead atoms. The number of ether oxygens (including phenoxy) is 1. The van der Waals surface area contributed by atoms with Crippen LogP contribution in [-0.4, -0.2) is 23.1 Å². The minimum absolute atomic E-state index is 0.0723. The van der Waals surface area contributed by atoms with Crippen LogP contribution in [0.1, 0.15) is 194 Å². The van der Waals surface area contributed by atoms with Gasteiger partial charge < -0.3 is 9.84 Å². The lowest BCUT2D eigenvalue weighted by atomic mass is 10.0. The lowest BCUT2D eigenvalue weighted by Crippen LogP contribution is -2.19. The largest absolute Gasteiger partial charge is 0.481 e. The van der Waals surface area contributed by atoms with Crippen molar-refractivity contribution in [2.45, 2.75) is 200 Å². The van der Waals surface area contributed by atoms with Crippen molar-refractivity contribution in [3.05, 3.63) is 24.3 Å². The van der Waals surface area contributed by atoms with Crippen LogP contribution in [0, 0.1) is 0 Å². The molecule has 41 heavy (non-hydrogen) atoms. The lowest BCUT2D eigenvalue weighted by Gasteiger charge is -2.17. The third-order valence-electron chi connectivity index (χ3n) is 7.94. The summed E-state index contributed by atoms with van der Waals surface area (Å²) in [6, 6.07) is 0. The monoisotopic (exact) mass is 577 g/mol. The smallest absolute Gasteiger partial charge is 0.306 e. The number of allylic oxidation sites excluding steroid dienone is 4. The molecule has 0 aliphatic carbocycles. The van der Waals surface area contributed by atoms with Crippen LogP contribution in [0.15, 0.2) is 24.3 Å². The van der Waals surface area contributed by atoms with E-state index in [1.807, 2.05) is 0 Å². The zero-order valence-electron chi connectivity index (χ0n) is 27.4. The molecule has 0 saturated heterocycles. The van der Waals surface area contributed by atoms with Crippen molar-refractivity contribution < 1.29 is 19.4 Å². The maximum atomic E-state index is 12.4. The van der Waals surface area contributed by atoms with E-state index >= 15 is 0 Å². The number of carboxylic acid groups (broad SMARTS) is 1. The molecule has 0 aromatic rings. The Morgan fingerprint density at radius 3 is 1.51 bits per heavy atom. The summed E-state index contributed by atoms with van der Waals surface area (Å²) in [6.45, 7) is 4.49. The van der Waals surface area contributed by atoms with E-state index in [0.29, 0.717) is 12.8 Å². The van der Waals surface area contributed by atoms with Gasteiger partial charge in [-0.25, -0.2) is 0 Å². The zero-order valence-corrected chi connectivity index (χ0v) is 27.4. The van der Waals surface area contributed by atoms with E-state index in [1.165, 1.54) is 122 Å². The Hall–Kier alpha value is -1.58. The molecule has 0 rings (SSSR count). The van der Waals surface area contributed by atoms with E-state index in [-0.39, 0.29) is 18.5 Å². The van der Waals surface area contributed by atoms with Gasteiger partial charge in [-0.2, -0.15) is 0 Å². The highest BCUT2D eigenvalue weighted by Crippen LogP contribution is 2.17. The summed E-state index contributed by atoms with van der Waals surface area (Å²) in [5.74, 6) is -0.959. The molecule has 0 aliphatic rings. The number of carbonyl (C=O) groups is 2. The Labute approximate surface area is 255 Å². The first-order valence-electron chi connectivity index (χ1n) is 17.8. The van der Waals surface area contributed by atoms with E-state index in [4.69, 9.17) is 9.84 Å². The Kier molecular flexibility index (Phi) is 31.7. The average molecular weight is 577 g/mol. The number of unbranched alkanes of at least 4 members (excludes halogenated alkanes) is 20. The normalized spacial score (nSPS) is 12.4. The topological polar surface area (TPSA) is 63.6 Å². The lowest BCUT2D eigenvalue weighted by molar-refractivity contribution is -0.151. The third-order valence-corrected chi connectivity index (χ3v) is 7.94. The second-order valence-electron chi connectivity index (χ2n) is 12.1. The molecule has 1 N–H and O–H groups in total. The zero-order chi connectivity index (χ0) is 30.1. The quantitative estimate of drug-likeness (QED) is 0.0491. The van der Waals surface area contributed by atoms with Gasteiger partial charge in [-0.1, -0.05) is 147 Å². The summed E-state index contributed by atoms with van der Waals surface area (Å²) in [4.78, 5) is 23.4. The van der Waals surface area contributed by atoms with Crippen molar-refractivity contribution in [3.63, 3.8) is 0 Å². The van der Waals surface area contributed by atoms with E-state index in [1.54, 1.807) is 0 Å². The van der Waals surface area contributed by atoms with Crippen LogP contribution in [0.2, 0.25) is 0 Å². The van der Waals surface area contributed by atoms with E-state index in [0.717, 1.165) is 38.5 Å². The number of aliphatic carboxylic acids is 1. The number of carbonyl (C=O) groups excluding carboxylic acids is 1. The van der Waals surface area contributed by atoms with Crippen LogP contribution in [-0.2, 0) is 14.3 Å². The Morgan fingerprint density at radius 2 is 0.976 bits per heavy atom. The van der Waals surface area contributed by atoms with Gasteiger partial charge in [-0.05, 0) is 57.8 Å². The number of carboxylic acids is 1. The van der Waals surface area contributed by atoms with Gasteiger partial charge in [-0.15, -0.1) is 0 Å². The Morgan fingerprint density at radius 1 is 0.537 bits per heavy atom. The molecule has 4 heteroatoms. The molecule has 0 aromatic carbocycles. The maximum Gasteiger partial charge on any atom is 0.306 e. The van der Waals surface area contributed by atoms with E-state index in [2.05, 4.69) is 38.2 Å². The molecular formula is C37H68O4. The highest BCUT2D eigenvalue weighted by Gasteiger charge is 2.15. The molecule has 1 atom stereocenters. The van der Waals surface area contributed by atoms with Crippen LogP contribution in [0.25, 0.3) is 0 Å². The van der Waals surface area contributed by atoms with Gasteiger partial charge in [0.2, 0.25) is 0 Å². The highest BCUT2D eigenvalue weighted by atomic mass is 16.5. The van der Waals surface area contributed by atoms with Gasteiger partial charge in [0.15, 0.2) is 0 Å². The van der Waals surface area contributed by atoms with Crippen LogP contribution in [0.5, 0.6) is 0 Å². The molecule has 0 saturated carbocycles. The minimum atomic E-state index is -0.813. The first-order valence-corrected chi connectivity index (χ1v) is 17.8. The summed E-state index contributed by atoms with van der Waals surface area (Å²) in [5.41, 5.74) is 0. The number of hydrogen-bond donors (Lipinski definition) is 1. The first-order chi connectivity index (χ1) is 20.1. The highest BCUT2D eigenvalue weighted by molar-refractivity contribution is 5.69. The molecule has 0 spiro atoms. The predicted octanol–water partition coefficient (Wildman–Crippen LogP) is 12.1. The Balaban J connectivity index is 3.69.